The number of carboxylic acid groups (broad SMARTS) is 1. The Labute approximate surface area is 248 Å². The molecule has 0 aliphatic rings. The third-order valence-electron chi connectivity index (χ3n) is 5.63. The molecule has 0 aliphatic carbocycles. The third-order valence-corrected chi connectivity index (χ3v) is 5.63. The van der Waals surface area contributed by atoms with E-state index in [4.69, 9.17) is 0 Å². The number of pyridine rings is 1. The second-order valence-electron chi connectivity index (χ2n) is 8.01. The first-order chi connectivity index (χ1) is 15.6. The predicted molar refractivity (Wildman–Crippen MR) is 122 cm³/mol. The van der Waals surface area contributed by atoms with Crippen LogP contribution in [0.4, 0.5) is 10.5 Å². The predicted octanol–water partition coefficient (Wildman–Crippen LogP) is -3.94. The van der Waals surface area contributed by atoms with E-state index < -0.39 is 41.5 Å². The van der Waals surface area contributed by atoms with Gasteiger partial charge in [-0.05, 0) is 54.7 Å². The van der Waals surface area contributed by atoms with Gasteiger partial charge in [-0.25, -0.2) is 4.79 Å². The van der Waals surface area contributed by atoms with E-state index in [1.165, 1.54) is 17.7 Å². The van der Waals surface area contributed by atoms with Crippen molar-refractivity contribution in [3.63, 3.8) is 0 Å². The topological polar surface area (TPSA) is 126 Å². The standard InChI is InChI=1S/C25H27N3O5.2Na/c1-14-6-5-7-15(2)22(14)18-10-8-17(9-11-18)19(13-21(30)31)26-25(33)27-23-20(29)12-16(3)28(4)24(23)32;;/h5-12,19,29H,13H2,1-4H3,(H,30,31)(H2,26,27,33);;/q;2*+1/p-2/t19-;;/m0../s1. The molecule has 2 amide bonds. The molecule has 0 saturated heterocycles. The van der Waals surface area contributed by atoms with Crippen LogP contribution < -0.4 is 85.5 Å². The Bertz CT molecular complexity index is 1250. The number of amides is 2. The molecule has 35 heavy (non-hydrogen) atoms. The zero-order valence-electron chi connectivity index (χ0n) is 20.9. The molecule has 0 aliphatic heterocycles. The summed E-state index contributed by atoms with van der Waals surface area (Å²) in [4.78, 5) is 36.2. The number of urea groups is 1. The van der Waals surface area contributed by atoms with Crippen molar-refractivity contribution < 1.29 is 78.9 Å². The summed E-state index contributed by atoms with van der Waals surface area (Å²) in [5.74, 6) is -1.98. The minimum absolute atomic E-state index is 0. The van der Waals surface area contributed by atoms with Crippen LogP contribution >= 0.6 is 0 Å². The molecular formula is C25H25N3Na2O5. The van der Waals surface area contributed by atoms with E-state index in [0.29, 0.717) is 11.3 Å². The van der Waals surface area contributed by atoms with Crippen molar-refractivity contribution in [2.75, 3.05) is 5.32 Å². The fourth-order valence-corrected chi connectivity index (χ4v) is 3.79. The summed E-state index contributed by atoms with van der Waals surface area (Å²) in [7, 11) is 1.48. The fraction of sp³-hybridized carbons (Fsp3) is 0.240. The van der Waals surface area contributed by atoms with Gasteiger partial charge in [-0.2, -0.15) is 0 Å². The van der Waals surface area contributed by atoms with Crippen molar-refractivity contribution in [2.24, 2.45) is 7.05 Å². The molecule has 8 nitrogen and oxygen atoms in total. The number of carbonyl (C=O) groups excluding carboxylic acids is 2. The molecule has 0 radical (unpaired) electrons. The Morgan fingerprint density at radius 2 is 1.57 bits per heavy atom. The number of benzene rings is 2. The van der Waals surface area contributed by atoms with E-state index in [-0.39, 0.29) is 59.1 Å². The van der Waals surface area contributed by atoms with Crippen molar-refractivity contribution in [1.82, 2.24) is 9.88 Å². The van der Waals surface area contributed by atoms with Gasteiger partial charge in [0.1, 0.15) is 5.69 Å². The number of rotatable bonds is 6. The number of nitrogens with zero attached hydrogens (tertiary/aromatic N) is 1. The zero-order chi connectivity index (χ0) is 24.3. The van der Waals surface area contributed by atoms with Crippen LogP contribution in [-0.4, -0.2) is 16.6 Å². The van der Waals surface area contributed by atoms with Gasteiger partial charge in [-0.1, -0.05) is 48.2 Å². The number of nitrogens with one attached hydrogen (secondary N) is 2. The fourth-order valence-electron chi connectivity index (χ4n) is 3.79. The van der Waals surface area contributed by atoms with Crippen molar-refractivity contribution in [2.45, 2.75) is 33.2 Å². The summed E-state index contributed by atoms with van der Waals surface area (Å²) in [6.07, 6.45) is -0.480. The molecule has 0 unspecified atom stereocenters. The van der Waals surface area contributed by atoms with Crippen molar-refractivity contribution in [3.8, 4) is 16.9 Å². The molecular weight excluding hydrogens is 468 g/mol. The van der Waals surface area contributed by atoms with Gasteiger partial charge in [0, 0.05) is 25.1 Å². The second kappa shape index (κ2) is 13.3. The molecule has 0 saturated carbocycles. The molecule has 2 N–H and O–H groups in total. The van der Waals surface area contributed by atoms with E-state index >= 15 is 0 Å². The van der Waals surface area contributed by atoms with Gasteiger partial charge in [0.25, 0.3) is 5.56 Å². The van der Waals surface area contributed by atoms with Crippen LogP contribution in [0.15, 0.2) is 53.3 Å². The van der Waals surface area contributed by atoms with Crippen LogP contribution in [0.3, 0.4) is 0 Å². The summed E-state index contributed by atoms with van der Waals surface area (Å²) in [5, 5.41) is 28.2. The minimum Gasteiger partial charge on any atom is -0.871 e. The van der Waals surface area contributed by atoms with Gasteiger partial charge in [-0.15, -0.1) is 0 Å². The monoisotopic (exact) mass is 493 g/mol. The number of anilines is 1. The van der Waals surface area contributed by atoms with Gasteiger partial charge in [0.2, 0.25) is 0 Å². The number of carbonyl (C=O) groups is 2. The smallest absolute Gasteiger partial charge is 0.871 e. The van der Waals surface area contributed by atoms with Crippen molar-refractivity contribution in [3.05, 3.63) is 81.3 Å². The SMILES string of the molecule is Cc1cccc(C)c1-c1ccc([C@H](CC(=O)[O-])NC(=O)Nc2c([O-])cc(C)n(C)c2=O)cc1.[Na+].[Na+]. The summed E-state index contributed by atoms with van der Waals surface area (Å²) in [6.45, 7) is 5.63. The Morgan fingerprint density at radius 1 is 1.00 bits per heavy atom. The van der Waals surface area contributed by atoms with E-state index in [1.54, 1.807) is 19.1 Å². The first-order valence-electron chi connectivity index (χ1n) is 10.4. The van der Waals surface area contributed by atoms with Crippen LogP contribution in [0, 0.1) is 20.8 Å². The molecule has 0 bridgehead atoms. The quantitative estimate of drug-likeness (QED) is 0.339. The van der Waals surface area contributed by atoms with Gasteiger partial charge in [0.15, 0.2) is 0 Å². The van der Waals surface area contributed by atoms with Gasteiger partial charge >= 0.3 is 65.1 Å². The van der Waals surface area contributed by atoms with Crippen LogP contribution in [0.5, 0.6) is 5.75 Å². The summed E-state index contributed by atoms with van der Waals surface area (Å²) < 4.78 is 1.24. The molecule has 3 aromatic rings. The Hall–Kier alpha value is -2.07. The number of aryl methyl sites for hydroxylation is 3. The molecule has 1 atom stereocenters. The maximum atomic E-state index is 12.5. The van der Waals surface area contributed by atoms with Crippen LogP contribution in [0.1, 0.15) is 34.8 Å². The first-order valence-corrected chi connectivity index (χ1v) is 10.4. The van der Waals surface area contributed by atoms with Crippen molar-refractivity contribution >= 4 is 17.7 Å². The molecule has 0 spiro atoms. The maximum Gasteiger partial charge on any atom is 1.00 e. The van der Waals surface area contributed by atoms with E-state index in [2.05, 4.69) is 10.6 Å². The summed E-state index contributed by atoms with van der Waals surface area (Å²) in [6, 6.07) is 12.7. The molecule has 10 heteroatoms. The van der Waals surface area contributed by atoms with Crippen LogP contribution in [0.2, 0.25) is 0 Å². The van der Waals surface area contributed by atoms with Gasteiger partial charge in [-0.3, -0.25) is 4.79 Å². The van der Waals surface area contributed by atoms with E-state index in [1.807, 2.05) is 44.2 Å². The van der Waals surface area contributed by atoms with E-state index in [9.17, 15) is 24.6 Å². The van der Waals surface area contributed by atoms with Crippen LogP contribution in [0.25, 0.3) is 11.1 Å². The van der Waals surface area contributed by atoms with Crippen molar-refractivity contribution in [1.29, 1.82) is 0 Å². The average Bonchev–Trinajstić information content (AvgIpc) is 2.75. The second-order valence-corrected chi connectivity index (χ2v) is 8.01. The number of aliphatic carboxylic acids is 1. The van der Waals surface area contributed by atoms with Crippen LogP contribution in [-0.2, 0) is 11.8 Å². The molecule has 172 valence electrons. The number of aromatic nitrogens is 1. The summed E-state index contributed by atoms with van der Waals surface area (Å²) in [5.41, 5.74) is 4.22. The maximum absolute atomic E-state index is 12.5. The largest absolute Gasteiger partial charge is 1.00 e. The van der Waals surface area contributed by atoms with E-state index in [0.717, 1.165) is 22.3 Å². The van der Waals surface area contributed by atoms with Gasteiger partial charge < -0.3 is 30.2 Å². The van der Waals surface area contributed by atoms with Gasteiger partial charge in [0.05, 0.1) is 6.04 Å². The molecule has 0 fully saturated rings. The molecule has 2 aromatic carbocycles. The molecule has 1 aromatic heterocycles. The number of hydrogen-bond acceptors (Lipinski definition) is 5. The Balaban J connectivity index is 0.00000306. The zero-order valence-corrected chi connectivity index (χ0v) is 24.9. The Morgan fingerprint density at radius 3 is 2.11 bits per heavy atom. The number of hydrogen-bond donors (Lipinski definition) is 2. The third kappa shape index (κ3) is 7.46. The normalized spacial score (nSPS) is 11.0. The minimum atomic E-state index is -1.35. The Kier molecular flexibility index (Phi) is 11.8. The molecule has 3 rings (SSSR count). The average molecular weight is 493 g/mol. The molecule has 1 heterocycles. The number of carboxylic acids is 1. The first kappa shape index (κ1) is 31.0. The summed E-state index contributed by atoms with van der Waals surface area (Å²) >= 11 is 0.